The molecule has 0 aliphatic carbocycles. The van der Waals surface area contributed by atoms with Gasteiger partial charge in [-0.15, -0.1) is 0 Å². The minimum Gasteiger partial charge on any atom is -0.468 e. The van der Waals surface area contributed by atoms with E-state index < -0.39 is 0 Å². The summed E-state index contributed by atoms with van der Waals surface area (Å²) in [6.45, 7) is 0.833. The number of halogens is 2. The van der Waals surface area contributed by atoms with Crippen LogP contribution in [0.15, 0.2) is 18.2 Å². The number of benzene rings is 1. The van der Waals surface area contributed by atoms with Gasteiger partial charge in [0.1, 0.15) is 0 Å². The van der Waals surface area contributed by atoms with Crippen molar-refractivity contribution in [1.29, 1.82) is 0 Å². The van der Waals surface area contributed by atoms with Crippen LogP contribution in [0.4, 0.5) is 0 Å². The molecule has 76 valence electrons. The summed E-state index contributed by atoms with van der Waals surface area (Å²) in [6, 6.07) is 5.39. The number of ether oxygens (including phenoxy) is 1. The van der Waals surface area contributed by atoms with Crippen molar-refractivity contribution in [2.45, 2.75) is 12.8 Å². The van der Waals surface area contributed by atoms with E-state index in [4.69, 9.17) is 23.2 Å². The summed E-state index contributed by atoms with van der Waals surface area (Å²) in [4.78, 5) is 9.88. The maximum atomic E-state index is 9.88. The summed E-state index contributed by atoms with van der Waals surface area (Å²) >= 11 is 11.9. The van der Waals surface area contributed by atoms with Gasteiger partial charge in [-0.05, 0) is 30.5 Å². The van der Waals surface area contributed by atoms with Crippen LogP contribution in [0.1, 0.15) is 12.0 Å². The highest BCUT2D eigenvalue weighted by Crippen LogP contribution is 2.25. The lowest BCUT2D eigenvalue weighted by Gasteiger charge is -2.05. The first-order valence-electron chi connectivity index (χ1n) is 4.24. The number of hydrogen-bond donors (Lipinski definition) is 0. The Labute approximate surface area is 92.8 Å². The minimum atomic E-state index is 0.394. The van der Waals surface area contributed by atoms with Gasteiger partial charge in [0.2, 0.25) is 0 Å². The van der Waals surface area contributed by atoms with E-state index in [-0.39, 0.29) is 0 Å². The topological polar surface area (TPSA) is 26.3 Å². The lowest BCUT2D eigenvalue weighted by atomic mass is 10.1. The van der Waals surface area contributed by atoms with Crippen molar-refractivity contribution in [3.63, 3.8) is 0 Å². The molecule has 4 heteroatoms. The molecular formula is C10H10Cl2O2. The highest BCUT2D eigenvalue weighted by molar-refractivity contribution is 6.35. The fraction of sp³-hybridized carbons (Fsp3) is 0.300. The molecule has 0 aliphatic heterocycles. The van der Waals surface area contributed by atoms with Gasteiger partial charge in [-0.1, -0.05) is 29.3 Å². The number of hydrogen-bond acceptors (Lipinski definition) is 2. The Morgan fingerprint density at radius 3 is 2.50 bits per heavy atom. The Bertz CT molecular complexity index is 293. The largest absolute Gasteiger partial charge is 0.468 e. The SMILES string of the molecule is O=COCCCc1c(Cl)cccc1Cl. The van der Waals surface area contributed by atoms with E-state index in [1.54, 1.807) is 18.2 Å². The highest BCUT2D eigenvalue weighted by Gasteiger charge is 2.04. The number of carbonyl (C=O) groups is 1. The standard InChI is InChI=1S/C10H10Cl2O2/c11-9-4-1-5-10(12)8(9)3-2-6-14-7-13/h1,4-5,7H,2-3,6H2. The lowest BCUT2D eigenvalue weighted by Crippen LogP contribution is -1.95. The van der Waals surface area contributed by atoms with Gasteiger partial charge in [0, 0.05) is 10.0 Å². The van der Waals surface area contributed by atoms with Crippen LogP contribution in [-0.4, -0.2) is 13.1 Å². The van der Waals surface area contributed by atoms with Crippen molar-refractivity contribution in [1.82, 2.24) is 0 Å². The number of rotatable bonds is 5. The molecule has 1 aromatic carbocycles. The predicted octanol–water partition coefficient (Wildman–Crippen LogP) is 3.10. The van der Waals surface area contributed by atoms with E-state index >= 15 is 0 Å². The fourth-order valence-corrected chi connectivity index (χ4v) is 1.74. The molecule has 0 atom stereocenters. The Balaban J connectivity index is 2.53. The fourth-order valence-electron chi connectivity index (χ4n) is 1.15. The molecule has 1 rings (SSSR count). The quantitative estimate of drug-likeness (QED) is 0.577. The van der Waals surface area contributed by atoms with E-state index in [1.807, 2.05) is 0 Å². The predicted molar refractivity (Wildman–Crippen MR) is 56.8 cm³/mol. The van der Waals surface area contributed by atoms with Gasteiger partial charge >= 0.3 is 0 Å². The van der Waals surface area contributed by atoms with Crippen LogP contribution in [0.5, 0.6) is 0 Å². The van der Waals surface area contributed by atoms with Crippen LogP contribution >= 0.6 is 23.2 Å². The molecule has 0 spiro atoms. The first kappa shape index (κ1) is 11.3. The second-order valence-corrected chi connectivity index (χ2v) is 3.59. The molecule has 0 fully saturated rings. The van der Waals surface area contributed by atoms with Crippen LogP contribution in [0, 0.1) is 0 Å². The van der Waals surface area contributed by atoms with Gasteiger partial charge in [0.25, 0.3) is 6.47 Å². The molecule has 2 nitrogen and oxygen atoms in total. The Hall–Kier alpha value is -0.730. The zero-order chi connectivity index (χ0) is 10.4. The zero-order valence-electron chi connectivity index (χ0n) is 7.50. The van der Waals surface area contributed by atoms with Crippen LogP contribution in [0.3, 0.4) is 0 Å². The van der Waals surface area contributed by atoms with E-state index in [1.165, 1.54) is 0 Å². The van der Waals surface area contributed by atoms with Crippen molar-refractivity contribution in [3.8, 4) is 0 Å². The molecule has 0 radical (unpaired) electrons. The molecule has 0 heterocycles. The average Bonchev–Trinajstić information content (AvgIpc) is 2.16. The van der Waals surface area contributed by atoms with Crippen molar-refractivity contribution in [2.75, 3.05) is 6.61 Å². The summed E-state index contributed by atoms with van der Waals surface area (Å²) in [6.07, 6.45) is 1.44. The maximum absolute atomic E-state index is 9.88. The van der Waals surface area contributed by atoms with Crippen molar-refractivity contribution in [3.05, 3.63) is 33.8 Å². The Morgan fingerprint density at radius 2 is 1.93 bits per heavy atom. The molecule has 14 heavy (non-hydrogen) atoms. The van der Waals surface area contributed by atoms with Crippen molar-refractivity contribution in [2.24, 2.45) is 0 Å². The Morgan fingerprint density at radius 1 is 1.29 bits per heavy atom. The monoisotopic (exact) mass is 232 g/mol. The van der Waals surface area contributed by atoms with E-state index in [0.717, 1.165) is 12.0 Å². The van der Waals surface area contributed by atoms with E-state index in [9.17, 15) is 4.79 Å². The zero-order valence-corrected chi connectivity index (χ0v) is 9.02. The summed E-state index contributed by atoms with van der Waals surface area (Å²) < 4.78 is 4.57. The molecule has 0 saturated heterocycles. The molecule has 1 aromatic rings. The smallest absolute Gasteiger partial charge is 0.293 e. The average molecular weight is 233 g/mol. The van der Waals surface area contributed by atoms with Crippen molar-refractivity contribution < 1.29 is 9.53 Å². The molecule has 0 aromatic heterocycles. The summed E-state index contributed by atoms with van der Waals surface area (Å²) in [5, 5.41) is 1.31. The molecule has 0 unspecified atom stereocenters. The first-order valence-corrected chi connectivity index (χ1v) is 4.99. The second-order valence-electron chi connectivity index (χ2n) is 2.77. The van der Waals surface area contributed by atoms with Gasteiger partial charge < -0.3 is 4.74 Å². The molecule has 0 amide bonds. The van der Waals surface area contributed by atoms with Gasteiger partial charge in [-0.3, -0.25) is 4.79 Å². The minimum absolute atomic E-state index is 0.394. The van der Waals surface area contributed by atoms with Crippen LogP contribution < -0.4 is 0 Å². The van der Waals surface area contributed by atoms with Gasteiger partial charge in [-0.25, -0.2) is 0 Å². The summed E-state index contributed by atoms with van der Waals surface area (Å²) in [5.74, 6) is 0. The molecule has 0 aliphatic rings. The number of carbonyl (C=O) groups excluding carboxylic acids is 1. The normalized spacial score (nSPS) is 9.86. The molecular weight excluding hydrogens is 223 g/mol. The Kier molecular flexibility index (Phi) is 4.77. The summed E-state index contributed by atoms with van der Waals surface area (Å²) in [5.41, 5.74) is 0.908. The third-order valence-electron chi connectivity index (χ3n) is 1.82. The second kappa shape index (κ2) is 5.89. The third-order valence-corrected chi connectivity index (χ3v) is 2.53. The lowest BCUT2D eigenvalue weighted by molar-refractivity contribution is -0.128. The van der Waals surface area contributed by atoms with Gasteiger partial charge in [0.15, 0.2) is 0 Å². The summed E-state index contributed by atoms with van der Waals surface area (Å²) in [7, 11) is 0. The van der Waals surface area contributed by atoms with Crippen LogP contribution in [0.25, 0.3) is 0 Å². The van der Waals surface area contributed by atoms with Crippen LogP contribution in [0.2, 0.25) is 10.0 Å². The molecule has 0 saturated carbocycles. The van der Waals surface area contributed by atoms with E-state index in [0.29, 0.717) is 29.5 Å². The maximum Gasteiger partial charge on any atom is 0.293 e. The first-order chi connectivity index (χ1) is 6.75. The molecule has 0 bridgehead atoms. The third kappa shape index (κ3) is 3.20. The van der Waals surface area contributed by atoms with Gasteiger partial charge in [0.05, 0.1) is 6.61 Å². The van der Waals surface area contributed by atoms with Crippen molar-refractivity contribution >= 4 is 29.7 Å². The molecule has 0 N–H and O–H groups in total. The van der Waals surface area contributed by atoms with Gasteiger partial charge in [-0.2, -0.15) is 0 Å². The van der Waals surface area contributed by atoms with E-state index in [2.05, 4.69) is 4.74 Å². The highest BCUT2D eigenvalue weighted by atomic mass is 35.5. The van der Waals surface area contributed by atoms with Crippen LogP contribution in [-0.2, 0) is 16.0 Å².